The molecule has 0 unspecified atom stereocenters. The maximum absolute atomic E-state index is 13.1. The number of methoxy groups -OCH3 is 1. The summed E-state index contributed by atoms with van der Waals surface area (Å²) in [6.07, 6.45) is -1.19. The first-order valence-corrected chi connectivity index (χ1v) is 4.98. The van der Waals surface area contributed by atoms with Gasteiger partial charge in [0.2, 0.25) is 0 Å². The smallest absolute Gasteiger partial charge is 0.252 e. The molecule has 0 heterocycles. The molecule has 1 saturated carbocycles. The van der Waals surface area contributed by atoms with Crippen LogP contribution in [0.2, 0.25) is 0 Å². The topological polar surface area (TPSA) is 35.2 Å². The van der Waals surface area contributed by atoms with Crippen molar-refractivity contribution in [3.05, 3.63) is 29.3 Å². The molecule has 0 aromatic heterocycles. The summed E-state index contributed by atoms with van der Waals surface area (Å²) in [5, 5.41) is 0. The highest BCUT2D eigenvalue weighted by Crippen LogP contribution is 2.52. The Morgan fingerprint density at radius 1 is 1.18 bits per heavy atom. The number of halogens is 4. The Morgan fingerprint density at radius 2 is 1.71 bits per heavy atom. The lowest BCUT2D eigenvalue weighted by atomic mass is 9.69. The van der Waals surface area contributed by atoms with E-state index in [0.29, 0.717) is 0 Å². The highest BCUT2D eigenvalue weighted by molar-refractivity contribution is 5.42. The van der Waals surface area contributed by atoms with Gasteiger partial charge in [-0.25, -0.2) is 17.6 Å². The average molecular weight is 249 g/mol. The van der Waals surface area contributed by atoms with E-state index in [9.17, 15) is 17.6 Å². The van der Waals surface area contributed by atoms with Crippen molar-refractivity contribution in [1.82, 2.24) is 0 Å². The summed E-state index contributed by atoms with van der Waals surface area (Å²) in [4.78, 5) is 0. The van der Waals surface area contributed by atoms with E-state index in [-0.39, 0.29) is 11.3 Å². The van der Waals surface area contributed by atoms with Crippen molar-refractivity contribution in [3.63, 3.8) is 0 Å². The van der Waals surface area contributed by atoms with Gasteiger partial charge in [0.15, 0.2) is 11.6 Å². The van der Waals surface area contributed by atoms with Crippen LogP contribution in [-0.4, -0.2) is 13.0 Å². The molecule has 0 saturated heterocycles. The summed E-state index contributed by atoms with van der Waals surface area (Å²) in [6, 6.07) is 1.64. The van der Waals surface area contributed by atoms with Crippen LogP contribution in [-0.2, 0) is 5.54 Å². The van der Waals surface area contributed by atoms with Gasteiger partial charge in [-0.15, -0.1) is 0 Å². The van der Waals surface area contributed by atoms with Gasteiger partial charge < -0.3 is 10.5 Å². The summed E-state index contributed by atoms with van der Waals surface area (Å²) in [6.45, 7) is 0. The lowest BCUT2D eigenvalue weighted by Crippen LogP contribution is -2.55. The van der Waals surface area contributed by atoms with Crippen LogP contribution >= 0.6 is 0 Å². The Hall–Kier alpha value is -1.30. The van der Waals surface area contributed by atoms with E-state index in [1.54, 1.807) is 0 Å². The zero-order chi connectivity index (χ0) is 12.8. The van der Waals surface area contributed by atoms with E-state index in [1.165, 1.54) is 7.11 Å². The van der Waals surface area contributed by atoms with Crippen LogP contribution in [0.5, 0.6) is 5.75 Å². The summed E-state index contributed by atoms with van der Waals surface area (Å²) in [7, 11) is 1.25. The van der Waals surface area contributed by atoms with E-state index in [4.69, 9.17) is 10.5 Å². The molecular weight excluding hydrogens is 238 g/mol. The molecule has 0 amide bonds. The minimum Gasteiger partial charge on any atom is -0.496 e. The lowest BCUT2D eigenvalue weighted by molar-refractivity contribution is -0.125. The third-order valence-corrected chi connectivity index (χ3v) is 2.93. The summed E-state index contributed by atoms with van der Waals surface area (Å²) >= 11 is 0. The van der Waals surface area contributed by atoms with Crippen molar-refractivity contribution in [2.45, 2.75) is 24.3 Å². The average Bonchev–Trinajstić information content (AvgIpc) is 2.18. The van der Waals surface area contributed by atoms with Crippen molar-refractivity contribution in [2.24, 2.45) is 5.73 Å². The predicted molar refractivity (Wildman–Crippen MR) is 53.0 cm³/mol. The van der Waals surface area contributed by atoms with Crippen molar-refractivity contribution >= 4 is 0 Å². The van der Waals surface area contributed by atoms with Crippen LogP contribution in [0.1, 0.15) is 18.4 Å². The molecule has 2 rings (SSSR count). The van der Waals surface area contributed by atoms with Crippen molar-refractivity contribution < 1.29 is 22.3 Å². The van der Waals surface area contributed by atoms with Gasteiger partial charge in [-0.3, -0.25) is 0 Å². The van der Waals surface area contributed by atoms with Gasteiger partial charge in [0.25, 0.3) is 5.92 Å². The van der Waals surface area contributed by atoms with Gasteiger partial charge in [0.1, 0.15) is 5.75 Å². The number of alkyl halides is 2. The monoisotopic (exact) mass is 249 g/mol. The molecule has 0 atom stereocenters. The highest BCUT2D eigenvalue weighted by atomic mass is 19.3. The zero-order valence-electron chi connectivity index (χ0n) is 9.07. The molecule has 6 heteroatoms. The van der Waals surface area contributed by atoms with E-state index in [0.717, 1.165) is 12.1 Å². The first-order chi connectivity index (χ1) is 7.77. The predicted octanol–water partition coefficient (Wildman–Crippen LogP) is 2.56. The van der Waals surface area contributed by atoms with Gasteiger partial charge in [0.05, 0.1) is 12.6 Å². The van der Waals surface area contributed by atoms with E-state index in [1.807, 2.05) is 0 Å². The molecule has 17 heavy (non-hydrogen) atoms. The first-order valence-electron chi connectivity index (χ1n) is 4.98. The normalized spacial score (nSPS) is 20.8. The molecule has 1 aromatic rings. The van der Waals surface area contributed by atoms with Crippen molar-refractivity contribution in [2.75, 3.05) is 7.11 Å². The maximum Gasteiger partial charge on any atom is 0.252 e. The second-order valence-corrected chi connectivity index (χ2v) is 4.33. The van der Waals surface area contributed by atoms with Crippen molar-refractivity contribution in [1.29, 1.82) is 0 Å². The van der Waals surface area contributed by atoms with Crippen LogP contribution < -0.4 is 10.5 Å². The minimum atomic E-state index is -2.86. The van der Waals surface area contributed by atoms with Crippen LogP contribution in [0.15, 0.2) is 12.1 Å². The van der Waals surface area contributed by atoms with Crippen LogP contribution in [0, 0.1) is 11.6 Å². The Balaban J connectivity index is 2.42. The maximum atomic E-state index is 13.1. The molecular formula is C11H11F4NO. The van der Waals surface area contributed by atoms with Gasteiger partial charge >= 0.3 is 0 Å². The van der Waals surface area contributed by atoms with Gasteiger partial charge in [0, 0.05) is 24.5 Å². The third-order valence-electron chi connectivity index (χ3n) is 2.93. The largest absolute Gasteiger partial charge is 0.496 e. The Bertz CT molecular complexity index is 453. The summed E-state index contributed by atoms with van der Waals surface area (Å²) < 4.78 is 56.6. The minimum absolute atomic E-state index is 0.0121. The van der Waals surface area contributed by atoms with E-state index in [2.05, 4.69) is 0 Å². The van der Waals surface area contributed by atoms with Gasteiger partial charge in [-0.1, -0.05) is 0 Å². The molecule has 1 aliphatic rings. The Kier molecular flexibility index (Phi) is 2.57. The molecule has 2 N–H and O–H groups in total. The molecule has 1 aromatic carbocycles. The molecule has 0 radical (unpaired) electrons. The van der Waals surface area contributed by atoms with Crippen LogP contribution in [0.25, 0.3) is 0 Å². The lowest BCUT2D eigenvalue weighted by Gasteiger charge is -2.45. The number of rotatable bonds is 2. The molecule has 0 aliphatic heterocycles. The Labute approximate surface area is 95.4 Å². The molecule has 0 bridgehead atoms. The number of nitrogens with two attached hydrogens (primary N) is 1. The van der Waals surface area contributed by atoms with Crippen LogP contribution in [0.3, 0.4) is 0 Å². The molecule has 0 spiro atoms. The van der Waals surface area contributed by atoms with E-state index >= 15 is 0 Å². The standard InChI is InChI=1S/C11H11F4NO/c1-17-9-3-8(13)7(12)2-6(9)10(16)4-11(14,15)5-10/h2-3H,4-5,16H2,1H3. The highest BCUT2D eigenvalue weighted by Gasteiger charge is 2.56. The fourth-order valence-electron chi connectivity index (χ4n) is 2.15. The molecule has 94 valence electrons. The van der Waals surface area contributed by atoms with Crippen molar-refractivity contribution in [3.8, 4) is 5.75 Å². The Morgan fingerprint density at radius 3 is 2.18 bits per heavy atom. The third kappa shape index (κ3) is 1.97. The SMILES string of the molecule is COc1cc(F)c(F)cc1C1(N)CC(F)(F)C1. The fraction of sp³-hybridized carbons (Fsp3) is 0.455. The van der Waals surface area contributed by atoms with Gasteiger partial charge in [-0.05, 0) is 6.07 Å². The number of hydrogen-bond acceptors (Lipinski definition) is 2. The second kappa shape index (κ2) is 3.60. The van der Waals surface area contributed by atoms with E-state index < -0.39 is 35.9 Å². The first kappa shape index (κ1) is 12.2. The molecule has 2 nitrogen and oxygen atoms in total. The quantitative estimate of drug-likeness (QED) is 0.817. The zero-order valence-corrected chi connectivity index (χ0v) is 9.07. The second-order valence-electron chi connectivity index (χ2n) is 4.33. The number of benzene rings is 1. The number of hydrogen-bond donors (Lipinski definition) is 1. The van der Waals surface area contributed by atoms with Crippen LogP contribution in [0.4, 0.5) is 17.6 Å². The summed E-state index contributed by atoms with van der Waals surface area (Å²) in [5.41, 5.74) is 4.46. The molecule has 1 fully saturated rings. The number of ether oxygens (including phenoxy) is 1. The van der Waals surface area contributed by atoms with Gasteiger partial charge in [-0.2, -0.15) is 0 Å². The summed E-state index contributed by atoms with van der Waals surface area (Å²) in [5.74, 6) is -5.09. The fourth-order valence-corrected chi connectivity index (χ4v) is 2.15. The molecule has 1 aliphatic carbocycles.